The monoisotopic (exact) mass is 313 g/mol. The summed E-state index contributed by atoms with van der Waals surface area (Å²) in [6.07, 6.45) is 5.48. The molecule has 2 aromatic heterocycles. The van der Waals surface area contributed by atoms with Crippen LogP contribution in [0.3, 0.4) is 0 Å². The number of nitrogens with one attached hydrogen (secondary N) is 1. The van der Waals surface area contributed by atoms with Gasteiger partial charge in [-0.3, -0.25) is 9.48 Å². The molecule has 0 radical (unpaired) electrons. The predicted octanol–water partition coefficient (Wildman–Crippen LogP) is 2.52. The first kappa shape index (κ1) is 15.5. The van der Waals surface area contributed by atoms with Gasteiger partial charge in [0.25, 0.3) is 0 Å². The molecule has 1 aliphatic rings. The summed E-state index contributed by atoms with van der Waals surface area (Å²) < 4.78 is 1.71. The number of carbonyl (C=O) groups is 1. The molecular formula is C17H23N5O. The van der Waals surface area contributed by atoms with Crippen LogP contribution in [0.1, 0.15) is 30.7 Å². The van der Waals surface area contributed by atoms with Gasteiger partial charge in [-0.1, -0.05) is 0 Å². The SMILES string of the molecule is Cc1cc(C)n(CC(=O)Nc2ccc(N3CCCCC3)nc2)n1. The maximum Gasteiger partial charge on any atom is 0.246 e. The van der Waals surface area contributed by atoms with Crippen molar-refractivity contribution >= 4 is 17.4 Å². The first-order valence-corrected chi connectivity index (χ1v) is 8.14. The van der Waals surface area contributed by atoms with Crippen LogP contribution in [-0.2, 0) is 11.3 Å². The smallest absolute Gasteiger partial charge is 0.246 e. The highest BCUT2D eigenvalue weighted by atomic mass is 16.2. The zero-order valence-corrected chi connectivity index (χ0v) is 13.7. The molecule has 0 bridgehead atoms. The van der Waals surface area contributed by atoms with Gasteiger partial charge >= 0.3 is 0 Å². The molecule has 1 fully saturated rings. The van der Waals surface area contributed by atoms with Crippen molar-refractivity contribution in [2.24, 2.45) is 0 Å². The molecule has 0 spiro atoms. The summed E-state index contributed by atoms with van der Waals surface area (Å²) in [6.45, 7) is 6.22. The standard InChI is InChI=1S/C17H23N5O/c1-13-10-14(2)22(20-13)12-17(23)19-15-6-7-16(18-11-15)21-8-4-3-5-9-21/h6-7,10-11H,3-5,8-9,12H2,1-2H3,(H,19,23). The third-order valence-corrected chi connectivity index (χ3v) is 4.11. The van der Waals surface area contributed by atoms with Gasteiger partial charge in [0.15, 0.2) is 0 Å². The van der Waals surface area contributed by atoms with Gasteiger partial charge in [0, 0.05) is 18.8 Å². The van der Waals surface area contributed by atoms with E-state index in [2.05, 4.69) is 20.3 Å². The van der Waals surface area contributed by atoms with Crippen LogP contribution in [0.15, 0.2) is 24.4 Å². The Morgan fingerprint density at radius 2 is 2.00 bits per heavy atom. The summed E-state index contributed by atoms with van der Waals surface area (Å²) in [7, 11) is 0. The first-order chi connectivity index (χ1) is 11.1. The quantitative estimate of drug-likeness (QED) is 0.942. The van der Waals surface area contributed by atoms with Crippen molar-refractivity contribution in [2.75, 3.05) is 23.3 Å². The maximum absolute atomic E-state index is 12.1. The number of hydrogen-bond donors (Lipinski definition) is 1. The lowest BCUT2D eigenvalue weighted by Crippen LogP contribution is -2.30. The lowest BCUT2D eigenvalue weighted by molar-refractivity contribution is -0.116. The Kier molecular flexibility index (Phi) is 4.60. The van der Waals surface area contributed by atoms with Gasteiger partial charge in [-0.2, -0.15) is 5.10 Å². The highest BCUT2D eigenvalue weighted by Gasteiger charge is 2.12. The normalized spacial score (nSPS) is 14.8. The minimum atomic E-state index is -0.0938. The molecule has 1 N–H and O–H groups in total. The Hall–Kier alpha value is -2.37. The van der Waals surface area contributed by atoms with E-state index in [1.54, 1.807) is 10.9 Å². The molecule has 2 aromatic rings. The Morgan fingerprint density at radius 3 is 2.61 bits per heavy atom. The Morgan fingerprint density at radius 1 is 1.22 bits per heavy atom. The summed E-state index contributed by atoms with van der Waals surface area (Å²) in [5.41, 5.74) is 2.62. The van der Waals surface area contributed by atoms with Crippen LogP contribution >= 0.6 is 0 Å². The molecule has 1 aliphatic heterocycles. The number of piperidine rings is 1. The fourth-order valence-electron chi connectivity index (χ4n) is 2.94. The number of carbonyl (C=O) groups excluding carboxylic acids is 1. The van der Waals surface area contributed by atoms with Gasteiger partial charge in [-0.25, -0.2) is 4.98 Å². The van der Waals surface area contributed by atoms with Crippen molar-refractivity contribution < 1.29 is 4.79 Å². The van der Waals surface area contributed by atoms with Crippen molar-refractivity contribution in [3.63, 3.8) is 0 Å². The molecule has 0 aliphatic carbocycles. The second-order valence-corrected chi connectivity index (χ2v) is 6.09. The van der Waals surface area contributed by atoms with Crippen LogP contribution in [0.2, 0.25) is 0 Å². The van der Waals surface area contributed by atoms with Gasteiger partial charge in [0.2, 0.25) is 5.91 Å². The molecule has 6 nitrogen and oxygen atoms in total. The second kappa shape index (κ2) is 6.81. The van der Waals surface area contributed by atoms with E-state index in [1.165, 1.54) is 19.3 Å². The van der Waals surface area contributed by atoms with E-state index in [1.807, 2.05) is 32.0 Å². The van der Waals surface area contributed by atoms with E-state index in [4.69, 9.17) is 0 Å². The zero-order chi connectivity index (χ0) is 16.2. The van der Waals surface area contributed by atoms with Crippen LogP contribution in [0.4, 0.5) is 11.5 Å². The predicted molar refractivity (Wildman–Crippen MR) is 90.6 cm³/mol. The number of aromatic nitrogens is 3. The number of aryl methyl sites for hydroxylation is 2. The number of pyridine rings is 1. The summed E-state index contributed by atoms with van der Waals surface area (Å²) in [5, 5.41) is 7.18. The summed E-state index contributed by atoms with van der Waals surface area (Å²) >= 11 is 0. The van der Waals surface area contributed by atoms with E-state index in [-0.39, 0.29) is 12.5 Å². The van der Waals surface area contributed by atoms with Gasteiger partial charge in [-0.05, 0) is 51.3 Å². The second-order valence-electron chi connectivity index (χ2n) is 6.09. The fourth-order valence-corrected chi connectivity index (χ4v) is 2.94. The Labute approximate surface area is 136 Å². The highest BCUT2D eigenvalue weighted by Crippen LogP contribution is 2.18. The van der Waals surface area contributed by atoms with E-state index >= 15 is 0 Å². The lowest BCUT2D eigenvalue weighted by Gasteiger charge is -2.27. The van der Waals surface area contributed by atoms with Crippen molar-refractivity contribution in [1.82, 2.24) is 14.8 Å². The van der Waals surface area contributed by atoms with Crippen LogP contribution in [0, 0.1) is 13.8 Å². The van der Waals surface area contributed by atoms with Gasteiger partial charge in [0.05, 0.1) is 17.6 Å². The van der Waals surface area contributed by atoms with Crippen molar-refractivity contribution in [3.8, 4) is 0 Å². The highest BCUT2D eigenvalue weighted by molar-refractivity contribution is 5.90. The molecule has 0 atom stereocenters. The topological polar surface area (TPSA) is 63.1 Å². The molecular weight excluding hydrogens is 290 g/mol. The van der Waals surface area contributed by atoms with Crippen molar-refractivity contribution in [1.29, 1.82) is 0 Å². The maximum atomic E-state index is 12.1. The van der Waals surface area contributed by atoms with Gasteiger partial charge in [0.1, 0.15) is 12.4 Å². The number of nitrogens with zero attached hydrogens (tertiary/aromatic N) is 4. The minimum absolute atomic E-state index is 0.0938. The van der Waals surface area contributed by atoms with E-state index < -0.39 is 0 Å². The number of anilines is 2. The van der Waals surface area contributed by atoms with E-state index in [9.17, 15) is 4.79 Å². The zero-order valence-electron chi connectivity index (χ0n) is 13.7. The Bertz CT molecular complexity index is 671. The van der Waals surface area contributed by atoms with Gasteiger partial charge in [-0.15, -0.1) is 0 Å². The number of amides is 1. The summed E-state index contributed by atoms with van der Waals surface area (Å²) in [6, 6.07) is 5.85. The Balaban J connectivity index is 1.59. The van der Waals surface area contributed by atoms with Crippen LogP contribution in [0.5, 0.6) is 0 Å². The average molecular weight is 313 g/mol. The third kappa shape index (κ3) is 3.88. The molecule has 0 aromatic carbocycles. The molecule has 0 saturated carbocycles. The number of hydrogen-bond acceptors (Lipinski definition) is 4. The lowest BCUT2D eigenvalue weighted by atomic mass is 10.1. The number of rotatable bonds is 4. The summed E-state index contributed by atoms with van der Waals surface area (Å²) in [5.74, 6) is 0.893. The van der Waals surface area contributed by atoms with Gasteiger partial charge < -0.3 is 10.2 Å². The third-order valence-electron chi connectivity index (χ3n) is 4.11. The molecule has 6 heteroatoms. The molecule has 1 saturated heterocycles. The van der Waals surface area contributed by atoms with Crippen molar-refractivity contribution in [2.45, 2.75) is 39.7 Å². The van der Waals surface area contributed by atoms with E-state index in [0.29, 0.717) is 0 Å². The molecule has 1 amide bonds. The molecule has 122 valence electrons. The minimum Gasteiger partial charge on any atom is -0.357 e. The molecule has 3 rings (SSSR count). The molecule has 23 heavy (non-hydrogen) atoms. The van der Waals surface area contributed by atoms with Crippen LogP contribution in [-0.4, -0.2) is 33.8 Å². The van der Waals surface area contributed by atoms with E-state index in [0.717, 1.165) is 36.0 Å². The molecule has 3 heterocycles. The van der Waals surface area contributed by atoms with Crippen LogP contribution < -0.4 is 10.2 Å². The first-order valence-electron chi connectivity index (χ1n) is 8.14. The summed E-state index contributed by atoms with van der Waals surface area (Å²) in [4.78, 5) is 18.9. The average Bonchev–Trinajstić information content (AvgIpc) is 2.86. The fraction of sp³-hybridized carbons (Fsp3) is 0.471. The largest absolute Gasteiger partial charge is 0.357 e. The van der Waals surface area contributed by atoms with Crippen molar-refractivity contribution in [3.05, 3.63) is 35.8 Å². The van der Waals surface area contributed by atoms with Crippen LogP contribution in [0.25, 0.3) is 0 Å². The molecule has 0 unspecified atom stereocenters.